The van der Waals surface area contributed by atoms with Gasteiger partial charge in [0, 0.05) is 22.6 Å². The van der Waals surface area contributed by atoms with Gasteiger partial charge >= 0.3 is 5.97 Å². The molecule has 0 aliphatic carbocycles. The number of carboxylic acids is 1. The Morgan fingerprint density at radius 2 is 2.25 bits per heavy atom. The number of hydrogen-bond acceptors (Lipinski definition) is 3. The topological polar surface area (TPSA) is 62.2 Å². The van der Waals surface area contributed by atoms with Gasteiger partial charge in [0.2, 0.25) is 0 Å². The summed E-state index contributed by atoms with van der Waals surface area (Å²) < 4.78 is 0.782. The molecule has 2 aromatic rings. The van der Waals surface area contributed by atoms with Crippen LogP contribution in [-0.2, 0) is 0 Å². The molecule has 0 spiro atoms. The number of nitrogens with one attached hydrogen (secondary N) is 1. The molecule has 2 N–H and O–H groups in total. The monoisotopic (exact) mass is 280 g/mol. The van der Waals surface area contributed by atoms with Gasteiger partial charge in [0.15, 0.2) is 5.69 Å². The van der Waals surface area contributed by atoms with Crippen molar-refractivity contribution in [2.45, 2.75) is 0 Å². The van der Waals surface area contributed by atoms with Crippen molar-refractivity contribution >= 4 is 38.5 Å². The molecular formula is C11H9BrN2O2. The average Bonchev–Trinajstić information content (AvgIpc) is 2.28. The molecule has 0 unspecified atom stereocenters. The molecule has 0 saturated heterocycles. The average molecular weight is 281 g/mol. The van der Waals surface area contributed by atoms with E-state index in [9.17, 15) is 4.79 Å². The zero-order valence-electron chi connectivity index (χ0n) is 8.49. The predicted molar refractivity (Wildman–Crippen MR) is 65.9 cm³/mol. The first-order valence-corrected chi connectivity index (χ1v) is 5.43. The number of halogens is 1. The lowest BCUT2D eigenvalue weighted by Gasteiger charge is -2.08. The van der Waals surface area contributed by atoms with Crippen molar-refractivity contribution in [2.24, 2.45) is 0 Å². The molecule has 4 nitrogen and oxygen atoms in total. The third-order valence-corrected chi connectivity index (χ3v) is 2.92. The molecule has 1 aromatic carbocycles. The van der Waals surface area contributed by atoms with Crippen LogP contribution < -0.4 is 5.32 Å². The highest BCUT2D eigenvalue weighted by Crippen LogP contribution is 2.28. The normalized spacial score (nSPS) is 10.4. The molecule has 1 aromatic heterocycles. The molecule has 1 heterocycles. The van der Waals surface area contributed by atoms with E-state index in [0.717, 1.165) is 15.5 Å². The van der Waals surface area contributed by atoms with Crippen LogP contribution in [0.4, 0.5) is 5.69 Å². The Kier molecular flexibility index (Phi) is 2.78. The van der Waals surface area contributed by atoms with E-state index >= 15 is 0 Å². The van der Waals surface area contributed by atoms with Crippen molar-refractivity contribution in [1.29, 1.82) is 0 Å². The van der Waals surface area contributed by atoms with Gasteiger partial charge in [-0.1, -0.05) is 12.1 Å². The minimum absolute atomic E-state index is 0.0313. The van der Waals surface area contributed by atoms with Crippen LogP contribution in [0.25, 0.3) is 10.9 Å². The number of pyridine rings is 1. The summed E-state index contributed by atoms with van der Waals surface area (Å²) in [5.74, 6) is -1.03. The molecule has 0 aliphatic rings. The molecule has 0 radical (unpaired) electrons. The van der Waals surface area contributed by atoms with Crippen LogP contribution in [0.15, 0.2) is 28.7 Å². The standard InChI is InChI=1S/C11H9BrN2O2/c1-13-8-5-9(11(15)16)14-10-6(8)3-2-4-7(10)12/h2-5H,1H3,(H,13,14)(H,15,16). The number of rotatable bonds is 2. The first-order chi connectivity index (χ1) is 7.63. The van der Waals surface area contributed by atoms with Crippen molar-refractivity contribution in [3.05, 3.63) is 34.4 Å². The lowest BCUT2D eigenvalue weighted by molar-refractivity contribution is 0.0691. The molecule has 16 heavy (non-hydrogen) atoms. The van der Waals surface area contributed by atoms with Gasteiger partial charge in [-0.15, -0.1) is 0 Å². The Bertz CT molecular complexity index is 569. The third-order valence-electron chi connectivity index (χ3n) is 2.28. The van der Waals surface area contributed by atoms with E-state index in [1.54, 1.807) is 7.05 Å². The highest BCUT2D eigenvalue weighted by molar-refractivity contribution is 9.10. The number of fused-ring (bicyclic) bond motifs is 1. The van der Waals surface area contributed by atoms with Gasteiger partial charge < -0.3 is 10.4 Å². The molecule has 82 valence electrons. The molecule has 0 aliphatic heterocycles. The highest BCUT2D eigenvalue weighted by atomic mass is 79.9. The van der Waals surface area contributed by atoms with Crippen LogP contribution >= 0.6 is 15.9 Å². The first-order valence-electron chi connectivity index (χ1n) is 4.64. The fourth-order valence-corrected chi connectivity index (χ4v) is 1.98. The lowest BCUT2D eigenvalue weighted by atomic mass is 10.1. The van der Waals surface area contributed by atoms with Gasteiger partial charge in [0.25, 0.3) is 0 Å². The summed E-state index contributed by atoms with van der Waals surface area (Å²) in [6.45, 7) is 0. The number of aromatic nitrogens is 1. The Balaban J connectivity index is 2.84. The number of hydrogen-bond donors (Lipinski definition) is 2. The molecule has 0 amide bonds. The number of anilines is 1. The van der Waals surface area contributed by atoms with Crippen LogP contribution in [0.5, 0.6) is 0 Å². The molecule has 5 heteroatoms. The van der Waals surface area contributed by atoms with E-state index in [2.05, 4.69) is 26.2 Å². The van der Waals surface area contributed by atoms with Gasteiger partial charge in [0.1, 0.15) is 0 Å². The third kappa shape index (κ3) is 1.74. The number of carbonyl (C=O) groups is 1. The highest BCUT2D eigenvalue weighted by Gasteiger charge is 2.11. The number of aromatic carboxylic acids is 1. The SMILES string of the molecule is CNc1cc(C(=O)O)nc2c(Br)cccc12. The zero-order chi connectivity index (χ0) is 11.7. The lowest BCUT2D eigenvalue weighted by Crippen LogP contribution is -2.03. The second-order valence-corrected chi connectivity index (χ2v) is 4.10. The second-order valence-electron chi connectivity index (χ2n) is 3.25. The summed E-state index contributed by atoms with van der Waals surface area (Å²) in [6, 6.07) is 7.14. The van der Waals surface area contributed by atoms with Crippen molar-refractivity contribution in [1.82, 2.24) is 4.98 Å². The zero-order valence-corrected chi connectivity index (χ0v) is 10.1. The van der Waals surface area contributed by atoms with Gasteiger partial charge in [0.05, 0.1) is 5.52 Å². The van der Waals surface area contributed by atoms with Crippen molar-refractivity contribution in [2.75, 3.05) is 12.4 Å². The molecule has 0 bridgehead atoms. The van der Waals surface area contributed by atoms with Crippen LogP contribution in [0, 0.1) is 0 Å². The predicted octanol–water partition coefficient (Wildman–Crippen LogP) is 2.74. The van der Waals surface area contributed by atoms with Gasteiger partial charge in [-0.25, -0.2) is 9.78 Å². The number of nitrogens with zero attached hydrogens (tertiary/aromatic N) is 1. The van der Waals surface area contributed by atoms with E-state index in [-0.39, 0.29) is 5.69 Å². The minimum Gasteiger partial charge on any atom is -0.477 e. The van der Waals surface area contributed by atoms with Crippen molar-refractivity contribution in [3.8, 4) is 0 Å². The van der Waals surface area contributed by atoms with E-state index in [0.29, 0.717) is 5.52 Å². The van der Waals surface area contributed by atoms with Gasteiger partial charge in [-0.3, -0.25) is 0 Å². The first kappa shape index (κ1) is 10.9. The number of carboxylic acid groups (broad SMARTS) is 1. The Morgan fingerprint density at radius 1 is 1.50 bits per heavy atom. The molecule has 0 fully saturated rings. The second kappa shape index (κ2) is 4.09. The van der Waals surface area contributed by atoms with Gasteiger partial charge in [-0.05, 0) is 28.1 Å². The van der Waals surface area contributed by atoms with E-state index < -0.39 is 5.97 Å². The van der Waals surface area contributed by atoms with E-state index in [4.69, 9.17) is 5.11 Å². The number of para-hydroxylation sites is 1. The van der Waals surface area contributed by atoms with Crippen molar-refractivity contribution in [3.63, 3.8) is 0 Å². The summed E-state index contributed by atoms with van der Waals surface area (Å²) in [6.07, 6.45) is 0. The van der Waals surface area contributed by atoms with E-state index in [1.807, 2.05) is 18.2 Å². The largest absolute Gasteiger partial charge is 0.477 e. The van der Waals surface area contributed by atoms with E-state index in [1.165, 1.54) is 6.07 Å². The summed E-state index contributed by atoms with van der Waals surface area (Å²) in [5, 5.41) is 12.8. The maximum atomic E-state index is 10.9. The molecule has 2 rings (SSSR count). The molecular weight excluding hydrogens is 272 g/mol. The summed E-state index contributed by atoms with van der Waals surface area (Å²) >= 11 is 3.36. The summed E-state index contributed by atoms with van der Waals surface area (Å²) in [7, 11) is 1.75. The fraction of sp³-hybridized carbons (Fsp3) is 0.0909. The maximum absolute atomic E-state index is 10.9. The molecule has 0 saturated carbocycles. The van der Waals surface area contributed by atoms with Crippen LogP contribution in [0.1, 0.15) is 10.5 Å². The van der Waals surface area contributed by atoms with Crippen LogP contribution in [0.2, 0.25) is 0 Å². The summed E-state index contributed by atoms with van der Waals surface area (Å²) in [4.78, 5) is 15.0. The Labute approximate surface area is 100 Å². The fourth-order valence-electron chi connectivity index (χ4n) is 1.53. The van der Waals surface area contributed by atoms with Gasteiger partial charge in [-0.2, -0.15) is 0 Å². The van der Waals surface area contributed by atoms with Crippen LogP contribution in [0.3, 0.4) is 0 Å². The Morgan fingerprint density at radius 3 is 2.88 bits per heavy atom. The smallest absolute Gasteiger partial charge is 0.354 e. The summed E-state index contributed by atoms with van der Waals surface area (Å²) in [5.41, 5.74) is 1.43. The quantitative estimate of drug-likeness (QED) is 0.888. The Hall–Kier alpha value is -1.62. The molecule has 0 atom stereocenters. The maximum Gasteiger partial charge on any atom is 0.354 e. The van der Waals surface area contributed by atoms with Crippen molar-refractivity contribution < 1.29 is 9.90 Å². The number of benzene rings is 1. The van der Waals surface area contributed by atoms with Crippen LogP contribution in [-0.4, -0.2) is 23.1 Å². The minimum atomic E-state index is -1.03.